The number of para-hydroxylation sites is 2. The van der Waals surface area contributed by atoms with Crippen molar-refractivity contribution in [3.05, 3.63) is 146 Å². The molecule has 0 unspecified atom stereocenters. The third kappa shape index (κ3) is 4.62. The van der Waals surface area contributed by atoms with E-state index in [2.05, 4.69) is 12.1 Å². The maximum Gasteiger partial charge on any atom is 0.147 e. The number of phenols is 6. The van der Waals surface area contributed by atoms with Gasteiger partial charge in [0.05, 0.1) is 11.4 Å². The first-order valence-electron chi connectivity index (χ1n) is 16.6. The van der Waals surface area contributed by atoms with E-state index in [4.69, 9.17) is 0 Å². The zero-order valence-corrected chi connectivity index (χ0v) is 27.4. The Bertz CT molecular complexity index is 2560. The normalized spacial score (nSPS) is 11.5. The summed E-state index contributed by atoms with van der Waals surface area (Å²) in [5, 5.41) is 72.4. The monoisotopic (exact) mass is 682 g/mol. The molecule has 9 rings (SSSR count). The largest absolute Gasteiger partial charge is 0.508 e. The van der Waals surface area contributed by atoms with Crippen LogP contribution in [0.4, 0.5) is 34.1 Å². The van der Waals surface area contributed by atoms with Crippen LogP contribution >= 0.6 is 0 Å². The van der Waals surface area contributed by atoms with Crippen molar-refractivity contribution in [3.63, 3.8) is 0 Å². The highest BCUT2D eigenvalue weighted by Gasteiger charge is 2.27. The Morgan fingerprint density at radius 1 is 0.308 bits per heavy atom. The molecule has 8 heteroatoms. The molecule has 8 nitrogen and oxygen atoms in total. The second-order valence-corrected chi connectivity index (χ2v) is 12.7. The van der Waals surface area contributed by atoms with Gasteiger partial charge in [-0.15, -0.1) is 0 Å². The second-order valence-electron chi connectivity index (χ2n) is 12.7. The molecule has 0 spiro atoms. The highest BCUT2D eigenvalue weighted by Crippen LogP contribution is 2.53. The van der Waals surface area contributed by atoms with Gasteiger partial charge in [-0.05, 0) is 68.7 Å². The highest BCUT2D eigenvalue weighted by molar-refractivity contribution is 6.35. The van der Waals surface area contributed by atoms with Gasteiger partial charge < -0.3 is 40.4 Å². The number of phenolic OH excluding ortho intramolecular Hbond substituents is 6. The molecule has 0 atom stereocenters. The number of hydrogen-bond donors (Lipinski definition) is 6. The van der Waals surface area contributed by atoms with Gasteiger partial charge in [0, 0.05) is 46.4 Å². The first-order chi connectivity index (χ1) is 25.3. The lowest BCUT2D eigenvalue weighted by Crippen LogP contribution is -2.11. The molecule has 0 fully saturated rings. The van der Waals surface area contributed by atoms with Crippen LogP contribution in [0.3, 0.4) is 0 Å². The molecule has 0 aliphatic carbocycles. The van der Waals surface area contributed by atoms with Gasteiger partial charge in [0.2, 0.25) is 0 Å². The van der Waals surface area contributed by atoms with Crippen LogP contribution in [0.2, 0.25) is 0 Å². The second kappa shape index (κ2) is 11.6. The molecule has 6 N–H and O–H groups in total. The van der Waals surface area contributed by atoms with E-state index in [1.54, 1.807) is 9.80 Å². The van der Waals surface area contributed by atoms with Crippen LogP contribution in [0.1, 0.15) is 0 Å². The van der Waals surface area contributed by atoms with E-state index in [0.29, 0.717) is 22.7 Å². The molecular weight excluding hydrogens is 652 g/mol. The molecule has 0 saturated carbocycles. The van der Waals surface area contributed by atoms with E-state index >= 15 is 0 Å². The summed E-state index contributed by atoms with van der Waals surface area (Å²) in [5.41, 5.74) is 3.09. The minimum Gasteiger partial charge on any atom is -0.508 e. The summed E-state index contributed by atoms with van der Waals surface area (Å²) in [6, 6.07) is 43.9. The van der Waals surface area contributed by atoms with Crippen molar-refractivity contribution in [2.45, 2.75) is 0 Å². The number of fused-ring (bicyclic) bond motifs is 2. The molecule has 9 aromatic carbocycles. The van der Waals surface area contributed by atoms with Crippen LogP contribution < -0.4 is 9.80 Å². The Morgan fingerprint density at radius 3 is 1.00 bits per heavy atom. The van der Waals surface area contributed by atoms with Crippen molar-refractivity contribution in [1.29, 1.82) is 0 Å². The lowest BCUT2D eigenvalue weighted by Gasteiger charge is -2.30. The molecular formula is C44H30N2O6. The molecule has 0 radical (unpaired) electrons. The number of benzene rings is 9. The molecule has 252 valence electrons. The van der Waals surface area contributed by atoms with E-state index in [-0.39, 0.29) is 45.9 Å². The SMILES string of the molecule is Oc1cc(O)c(N(c2ccccc2)c2ccc3c4cccc5c(N(c6ccccc6)c6c(O)cc(O)cc6O)ccc(c6cccc2c63)c54)c(O)c1. The van der Waals surface area contributed by atoms with Crippen LogP contribution in [0.15, 0.2) is 146 Å². The highest BCUT2D eigenvalue weighted by atomic mass is 16.3. The zero-order chi connectivity index (χ0) is 35.7. The molecule has 0 aliphatic heterocycles. The molecule has 0 bridgehead atoms. The van der Waals surface area contributed by atoms with Crippen LogP contribution in [0.25, 0.3) is 43.1 Å². The predicted octanol–water partition coefficient (Wildman–Crippen LogP) is 10.9. The first-order valence-corrected chi connectivity index (χ1v) is 16.6. The van der Waals surface area contributed by atoms with Crippen LogP contribution in [-0.2, 0) is 0 Å². The molecule has 0 heterocycles. The molecule has 0 saturated heterocycles. The number of anilines is 6. The van der Waals surface area contributed by atoms with Gasteiger partial charge in [0.15, 0.2) is 0 Å². The Labute approximate surface area is 297 Å². The summed E-state index contributed by atoms with van der Waals surface area (Å²) >= 11 is 0. The quantitative estimate of drug-likeness (QED) is 0.0755. The first kappa shape index (κ1) is 30.7. The third-order valence-corrected chi connectivity index (χ3v) is 9.68. The number of aromatic hydroxyl groups is 6. The van der Waals surface area contributed by atoms with Gasteiger partial charge in [0.25, 0.3) is 0 Å². The van der Waals surface area contributed by atoms with Gasteiger partial charge >= 0.3 is 0 Å². The van der Waals surface area contributed by atoms with Gasteiger partial charge in [-0.2, -0.15) is 0 Å². The van der Waals surface area contributed by atoms with Crippen molar-refractivity contribution in [2.75, 3.05) is 9.80 Å². The molecule has 0 amide bonds. The fraction of sp³-hybridized carbons (Fsp3) is 0. The van der Waals surface area contributed by atoms with Crippen molar-refractivity contribution < 1.29 is 30.6 Å². The molecule has 0 aromatic heterocycles. The summed E-state index contributed by atoms with van der Waals surface area (Å²) in [6.07, 6.45) is 0. The van der Waals surface area contributed by atoms with E-state index in [1.165, 1.54) is 24.3 Å². The van der Waals surface area contributed by atoms with Gasteiger partial charge in [-0.3, -0.25) is 0 Å². The Kier molecular flexibility index (Phi) is 6.88. The van der Waals surface area contributed by atoms with Crippen LogP contribution in [-0.4, -0.2) is 30.6 Å². The maximum absolute atomic E-state index is 11.1. The minimum atomic E-state index is -0.279. The zero-order valence-electron chi connectivity index (χ0n) is 27.4. The topological polar surface area (TPSA) is 128 Å². The summed E-state index contributed by atoms with van der Waals surface area (Å²) in [5.74, 6) is -1.63. The number of hydrogen-bond acceptors (Lipinski definition) is 8. The lowest BCUT2D eigenvalue weighted by atomic mass is 9.88. The number of rotatable bonds is 6. The van der Waals surface area contributed by atoms with E-state index in [9.17, 15) is 30.6 Å². The Morgan fingerprint density at radius 2 is 0.635 bits per heavy atom. The fourth-order valence-electron chi connectivity index (χ4n) is 7.64. The predicted molar refractivity (Wildman–Crippen MR) is 207 cm³/mol. The van der Waals surface area contributed by atoms with Crippen molar-refractivity contribution in [1.82, 2.24) is 0 Å². The summed E-state index contributed by atoms with van der Waals surface area (Å²) < 4.78 is 0. The number of nitrogens with zero attached hydrogens (tertiary/aromatic N) is 2. The summed E-state index contributed by atoms with van der Waals surface area (Å²) in [4.78, 5) is 3.58. The Balaban J connectivity index is 1.35. The van der Waals surface area contributed by atoms with Gasteiger partial charge in [0.1, 0.15) is 45.9 Å². The lowest BCUT2D eigenvalue weighted by molar-refractivity contribution is 0.428. The van der Waals surface area contributed by atoms with Gasteiger partial charge in [-0.25, -0.2) is 0 Å². The molecule has 9 aromatic rings. The van der Waals surface area contributed by atoms with E-state index in [0.717, 1.165) is 43.1 Å². The average molecular weight is 683 g/mol. The smallest absolute Gasteiger partial charge is 0.147 e. The minimum absolute atomic E-state index is 0.134. The molecule has 0 aliphatic rings. The fourth-order valence-corrected chi connectivity index (χ4v) is 7.64. The third-order valence-electron chi connectivity index (χ3n) is 9.68. The standard InChI is InChI=1S/C44H30N2O6/c47-27-21-37(49)43(38(50)22-27)45(25-9-3-1-4-10-25)35-19-17-31-30-14-8-16-34-36(20-18-32(42(30)34)29-13-7-15-33(35)41(29)31)46(26-11-5-2-6-12-26)44-39(51)23-28(48)24-40(44)52/h1-24,47-52H. The summed E-state index contributed by atoms with van der Waals surface area (Å²) in [7, 11) is 0. The maximum atomic E-state index is 11.1. The van der Waals surface area contributed by atoms with Crippen molar-refractivity contribution in [3.8, 4) is 34.5 Å². The van der Waals surface area contributed by atoms with E-state index < -0.39 is 0 Å². The Hall–Kier alpha value is -7.32. The summed E-state index contributed by atoms with van der Waals surface area (Å²) in [6.45, 7) is 0. The van der Waals surface area contributed by atoms with E-state index in [1.807, 2.05) is 109 Å². The van der Waals surface area contributed by atoms with Crippen molar-refractivity contribution in [2.24, 2.45) is 0 Å². The van der Waals surface area contributed by atoms with Crippen LogP contribution in [0, 0.1) is 0 Å². The molecule has 52 heavy (non-hydrogen) atoms. The van der Waals surface area contributed by atoms with Gasteiger partial charge in [-0.1, -0.05) is 84.9 Å². The van der Waals surface area contributed by atoms with Crippen LogP contribution in [0.5, 0.6) is 34.5 Å². The average Bonchev–Trinajstić information content (AvgIpc) is 3.14. The van der Waals surface area contributed by atoms with Crippen molar-refractivity contribution >= 4 is 77.2 Å².